The first kappa shape index (κ1) is 24.3. The summed E-state index contributed by atoms with van der Waals surface area (Å²) in [4.78, 5) is 16.6. The average Bonchev–Trinajstić information content (AvgIpc) is 2.83. The van der Waals surface area contributed by atoms with Gasteiger partial charge in [0.05, 0.1) is 36.8 Å². The number of methoxy groups -OCH3 is 2. The van der Waals surface area contributed by atoms with Crippen molar-refractivity contribution < 1.29 is 22.7 Å². The van der Waals surface area contributed by atoms with Gasteiger partial charge in [0.15, 0.2) is 9.84 Å². The maximum atomic E-state index is 13.1. The van der Waals surface area contributed by atoms with Gasteiger partial charge in [0.2, 0.25) is 5.91 Å². The summed E-state index contributed by atoms with van der Waals surface area (Å²) in [6.45, 7) is 0. The zero-order valence-corrected chi connectivity index (χ0v) is 19.7. The number of carbonyl (C=O) groups is 1. The van der Waals surface area contributed by atoms with Crippen LogP contribution in [0.25, 0.3) is 5.57 Å². The molecule has 0 aliphatic carbocycles. The lowest BCUT2D eigenvalue weighted by molar-refractivity contribution is -0.115. The molecule has 1 aromatic heterocycles. The fraction of sp³-hybridized carbons (Fsp3) is 0.167. The van der Waals surface area contributed by atoms with E-state index >= 15 is 0 Å². The smallest absolute Gasteiger partial charge is 0.228 e. The van der Waals surface area contributed by atoms with Crippen molar-refractivity contribution in [3.8, 4) is 11.5 Å². The number of hydrogen-bond donors (Lipinski definition) is 1. The van der Waals surface area contributed by atoms with Crippen LogP contribution in [0.2, 0.25) is 5.15 Å². The minimum Gasteiger partial charge on any atom is -0.497 e. The van der Waals surface area contributed by atoms with E-state index in [0.29, 0.717) is 33.5 Å². The Bertz CT molecular complexity index is 1240. The van der Waals surface area contributed by atoms with Crippen molar-refractivity contribution in [1.82, 2.24) is 4.98 Å². The highest BCUT2D eigenvalue weighted by Crippen LogP contribution is 2.32. The van der Waals surface area contributed by atoms with E-state index in [1.54, 1.807) is 54.6 Å². The number of carbonyl (C=O) groups excluding carboxylic acids is 1. The molecular weight excluding hydrogens is 464 g/mol. The van der Waals surface area contributed by atoms with Crippen molar-refractivity contribution in [3.63, 3.8) is 0 Å². The van der Waals surface area contributed by atoms with Crippen LogP contribution in [-0.4, -0.2) is 39.3 Å². The quantitative estimate of drug-likeness (QED) is 0.443. The number of rotatable bonds is 9. The van der Waals surface area contributed by atoms with E-state index in [1.807, 2.05) is 0 Å². The molecule has 172 valence electrons. The van der Waals surface area contributed by atoms with Crippen molar-refractivity contribution >= 4 is 38.6 Å². The van der Waals surface area contributed by atoms with Gasteiger partial charge in [0.25, 0.3) is 0 Å². The number of nitrogens with zero attached hydrogens (tertiary/aromatic N) is 1. The fourth-order valence-corrected chi connectivity index (χ4v) is 4.64. The summed E-state index contributed by atoms with van der Waals surface area (Å²) < 4.78 is 37.0. The Hall–Kier alpha value is -3.36. The highest BCUT2D eigenvalue weighted by Gasteiger charge is 2.21. The second-order valence-corrected chi connectivity index (χ2v) is 9.37. The van der Waals surface area contributed by atoms with E-state index in [4.69, 9.17) is 21.1 Å². The number of halogens is 1. The molecule has 0 aliphatic heterocycles. The molecule has 1 N–H and O–H groups in total. The largest absolute Gasteiger partial charge is 0.497 e. The summed E-state index contributed by atoms with van der Waals surface area (Å²) in [6, 6.07) is 16.4. The first-order valence-corrected chi connectivity index (χ1v) is 12.0. The Kier molecular flexibility index (Phi) is 8.08. The molecule has 33 heavy (non-hydrogen) atoms. The molecule has 9 heteroatoms. The zero-order chi connectivity index (χ0) is 23.8. The molecule has 3 rings (SSSR count). The maximum absolute atomic E-state index is 13.1. The van der Waals surface area contributed by atoms with Crippen LogP contribution >= 0.6 is 11.6 Å². The number of amides is 1. The first-order chi connectivity index (χ1) is 15.8. The Balaban J connectivity index is 1.94. The van der Waals surface area contributed by atoms with Gasteiger partial charge in [-0.1, -0.05) is 35.9 Å². The molecule has 2 aromatic carbocycles. The van der Waals surface area contributed by atoms with Crippen LogP contribution in [0.1, 0.15) is 12.0 Å². The normalized spacial score (nSPS) is 11.7. The molecule has 0 radical (unpaired) electrons. The summed E-state index contributed by atoms with van der Waals surface area (Å²) >= 11 is 5.77. The predicted molar refractivity (Wildman–Crippen MR) is 129 cm³/mol. The number of nitrogens with one attached hydrogen (secondary N) is 1. The summed E-state index contributed by atoms with van der Waals surface area (Å²) in [5.74, 6) is 0.338. The third-order valence-corrected chi connectivity index (χ3v) is 6.65. The highest BCUT2D eigenvalue weighted by molar-refractivity contribution is 7.91. The van der Waals surface area contributed by atoms with Crippen molar-refractivity contribution in [2.75, 3.05) is 25.3 Å². The summed E-state index contributed by atoms with van der Waals surface area (Å²) in [5, 5.41) is 3.02. The van der Waals surface area contributed by atoms with Crippen LogP contribution in [-0.2, 0) is 14.6 Å². The van der Waals surface area contributed by atoms with Gasteiger partial charge in [0.1, 0.15) is 16.7 Å². The Morgan fingerprint density at radius 1 is 1.06 bits per heavy atom. The lowest BCUT2D eigenvalue weighted by Crippen LogP contribution is -2.13. The minimum absolute atomic E-state index is 0.0668. The highest BCUT2D eigenvalue weighted by atomic mass is 35.5. The molecule has 0 aliphatic rings. The van der Waals surface area contributed by atoms with Crippen molar-refractivity contribution in [2.24, 2.45) is 0 Å². The third-order valence-electron chi connectivity index (χ3n) is 4.75. The molecule has 0 saturated heterocycles. The van der Waals surface area contributed by atoms with Gasteiger partial charge in [0, 0.05) is 12.0 Å². The minimum atomic E-state index is -3.68. The van der Waals surface area contributed by atoms with Gasteiger partial charge in [-0.05, 0) is 48.0 Å². The van der Waals surface area contributed by atoms with Crippen molar-refractivity contribution in [3.05, 3.63) is 83.7 Å². The number of anilines is 1. The lowest BCUT2D eigenvalue weighted by Gasteiger charge is -2.15. The molecule has 0 bridgehead atoms. The van der Waals surface area contributed by atoms with E-state index in [2.05, 4.69) is 10.3 Å². The topological polar surface area (TPSA) is 94.6 Å². The van der Waals surface area contributed by atoms with Gasteiger partial charge in [-0.3, -0.25) is 4.79 Å². The van der Waals surface area contributed by atoms with Crippen LogP contribution in [0.3, 0.4) is 0 Å². The Morgan fingerprint density at radius 3 is 2.45 bits per heavy atom. The molecule has 0 saturated carbocycles. The molecule has 7 nitrogen and oxygen atoms in total. The standard InChI is InChI=1S/C24H23ClN2O5S/c1-31-19-10-11-22(32-2)21(14-19)17(16-33(29,30)20-6-4-3-5-7-20)8-13-24(28)27-18-9-12-23(25)26-15-18/h3-12,14-15H,13,16H2,1-2H3,(H,27,28). The van der Waals surface area contributed by atoms with E-state index in [-0.39, 0.29) is 23.0 Å². The average molecular weight is 487 g/mol. The Labute approximate surface area is 197 Å². The fourth-order valence-electron chi connectivity index (χ4n) is 3.11. The molecular formula is C24H23ClN2O5S. The van der Waals surface area contributed by atoms with E-state index in [0.717, 1.165) is 0 Å². The number of benzene rings is 2. The number of aromatic nitrogens is 1. The third kappa shape index (κ3) is 6.57. The lowest BCUT2D eigenvalue weighted by atomic mass is 10.0. The van der Waals surface area contributed by atoms with Crippen LogP contribution in [0.4, 0.5) is 5.69 Å². The van der Waals surface area contributed by atoms with Crippen molar-refractivity contribution in [1.29, 1.82) is 0 Å². The summed E-state index contributed by atoms with van der Waals surface area (Å²) in [6.07, 6.45) is 2.95. The van der Waals surface area contributed by atoms with E-state index < -0.39 is 9.84 Å². The number of hydrogen-bond acceptors (Lipinski definition) is 6. The van der Waals surface area contributed by atoms with E-state index in [9.17, 15) is 13.2 Å². The molecule has 0 spiro atoms. The monoisotopic (exact) mass is 486 g/mol. The number of pyridine rings is 1. The molecule has 1 amide bonds. The van der Waals surface area contributed by atoms with Crippen LogP contribution in [0.5, 0.6) is 11.5 Å². The van der Waals surface area contributed by atoms with Gasteiger partial charge < -0.3 is 14.8 Å². The van der Waals surface area contributed by atoms with Gasteiger partial charge in [-0.2, -0.15) is 0 Å². The second kappa shape index (κ2) is 11.0. The van der Waals surface area contributed by atoms with Crippen LogP contribution < -0.4 is 14.8 Å². The molecule has 0 unspecified atom stereocenters. The number of sulfone groups is 1. The zero-order valence-electron chi connectivity index (χ0n) is 18.1. The molecule has 0 atom stereocenters. The SMILES string of the molecule is COc1ccc(OC)c(C(=CCC(=O)Nc2ccc(Cl)nc2)CS(=O)(=O)c2ccccc2)c1. The predicted octanol–water partition coefficient (Wildman–Crippen LogP) is 4.64. The van der Waals surface area contributed by atoms with Crippen LogP contribution in [0.15, 0.2) is 77.8 Å². The molecule has 3 aromatic rings. The molecule has 0 fully saturated rings. The first-order valence-electron chi connectivity index (χ1n) is 9.93. The summed E-state index contributed by atoms with van der Waals surface area (Å²) in [7, 11) is -0.673. The Morgan fingerprint density at radius 2 is 1.82 bits per heavy atom. The summed E-state index contributed by atoms with van der Waals surface area (Å²) in [5.41, 5.74) is 1.42. The maximum Gasteiger partial charge on any atom is 0.228 e. The van der Waals surface area contributed by atoms with Gasteiger partial charge in [-0.15, -0.1) is 0 Å². The van der Waals surface area contributed by atoms with Gasteiger partial charge >= 0.3 is 0 Å². The number of ether oxygens (including phenoxy) is 2. The van der Waals surface area contributed by atoms with Crippen molar-refractivity contribution in [2.45, 2.75) is 11.3 Å². The van der Waals surface area contributed by atoms with E-state index in [1.165, 1.54) is 32.5 Å². The van der Waals surface area contributed by atoms with Gasteiger partial charge in [-0.25, -0.2) is 13.4 Å². The van der Waals surface area contributed by atoms with Crippen LogP contribution in [0, 0.1) is 0 Å². The second-order valence-electron chi connectivity index (χ2n) is 6.99. The molecule has 1 heterocycles.